The van der Waals surface area contributed by atoms with Gasteiger partial charge in [0.05, 0.1) is 17.0 Å². The second-order valence-electron chi connectivity index (χ2n) is 7.10. The van der Waals surface area contributed by atoms with Gasteiger partial charge in [-0.05, 0) is 36.8 Å². The van der Waals surface area contributed by atoms with Crippen molar-refractivity contribution in [2.45, 2.75) is 30.4 Å². The molecular formula is C22H19F3N6OS2. The van der Waals surface area contributed by atoms with Crippen LogP contribution in [0.1, 0.15) is 34.4 Å². The van der Waals surface area contributed by atoms with Crippen molar-refractivity contribution in [1.29, 1.82) is 0 Å². The molecule has 1 amide bonds. The summed E-state index contributed by atoms with van der Waals surface area (Å²) in [4.78, 5) is 20.5. The molecule has 0 fully saturated rings. The molecule has 0 aliphatic rings. The van der Waals surface area contributed by atoms with Gasteiger partial charge in [0.1, 0.15) is 10.7 Å². The van der Waals surface area contributed by atoms with E-state index in [0.717, 1.165) is 18.6 Å². The van der Waals surface area contributed by atoms with Crippen LogP contribution in [0.5, 0.6) is 0 Å². The van der Waals surface area contributed by atoms with Crippen LogP contribution in [0.25, 0.3) is 17.1 Å². The van der Waals surface area contributed by atoms with E-state index in [4.69, 9.17) is 0 Å². The summed E-state index contributed by atoms with van der Waals surface area (Å²) >= 11 is 2.60. The maximum atomic E-state index is 13.4. The number of pyridine rings is 1. The van der Waals surface area contributed by atoms with Crippen molar-refractivity contribution in [3.63, 3.8) is 0 Å². The van der Waals surface area contributed by atoms with Gasteiger partial charge in [-0.3, -0.25) is 14.3 Å². The standard InChI is InChI=1S/C22H19F3N6OS2/c1-2-8-27-20(32)17-12-33-18(28-17)13-34-21-30-29-19(14-5-4-9-26-11-14)31(21)16-7-3-6-15(10-16)22(23,24)25/h3-7,9-12H,2,8,13H2,1H3,(H,27,32). The van der Waals surface area contributed by atoms with Gasteiger partial charge < -0.3 is 5.32 Å². The minimum atomic E-state index is -4.48. The van der Waals surface area contributed by atoms with Crippen molar-refractivity contribution < 1.29 is 18.0 Å². The van der Waals surface area contributed by atoms with Crippen LogP contribution in [-0.4, -0.2) is 37.2 Å². The molecule has 4 rings (SSSR count). The second kappa shape index (κ2) is 10.3. The van der Waals surface area contributed by atoms with Crippen molar-refractivity contribution in [2.75, 3.05) is 6.54 Å². The van der Waals surface area contributed by atoms with Gasteiger partial charge in [0.25, 0.3) is 5.91 Å². The molecule has 0 bridgehead atoms. The number of benzene rings is 1. The minimum absolute atomic E-state index is 0.236. The summed E-state index contributed by atoms with van der Waals surface area (Å²) < 4.78 is 41.6. The molecule has 0 spiro atoms. The van der Waals surface area contributed by atoms with E-state index in [1.54, 1.807) is 40.5 Å². The van der Waals surface area contributed by atoms with E-state index in [-0.39, 0.29) is 11.6 Å². The summed E-state index contributed by atoms with van der Waals surface area (Å²) in [5, 5.41) is 14.0. The maximum absolute atomic E-state index is 13.4. The zero-order chi connectivity index (χ0) is 24.1. The first-order chi connectivity index (χ1) is 16.4. The van der Waals surface area contributed by atoms with Crippen LogP contribution in [-0.2, 0) is 11.9 Å². The highest BCUT2D eigenvalue weighted by molar-refractivity contribution is 7.98. The molecule has 0 atom stereocenters. The zero-order valence-corrected chi connectivity index (χ0v) is 19.5. The quantitative estimate of drug-likeness (QED) is 0.331. The number of carbonyl (C=O) groups is 1. The van der Waals surface area contributed by atoms with E-state index < -0.39 is 11.7 Å². The van der Waals surface area contributed by atoms with E-state index in [9.17, 15) is 18.0 Å². The van der Waals surface area contributed by atoms with Crippen LogP contribution in [0.15, 0.2) is 59.3 Å². The van der Waals surface area contributed by atoms with Crippen LogP contribution >= 0.6 is 23.1 Å². The predicted octanol–water partition coefficient (Wildman–Crippen LogP) is 5.24. The van der Waals surface area contributed by atoms with Gasteiger partial charge in [0, 0.05) is 29.9 Å². The highest BCUT2D eigenvalue weighted by Crippen LogP contribution is 2.34. The number of hydrogen-bond donors (Lipinski definition) is 1. The highest BCUT2D eigenvalue weighted by atomic mass is 32.2. The molecular weight excluding hydrogens is 485 g/mol. The van der Waals surface area contributed by atoms with Crippen LogP contribution in [0.4, 0.5) is 13.2 Å². The topological polar surface area (TPSA) is 85.6 Å². The summed E-state index contributed by atoms with van der Waals surface area (Å²) in [7, 11) is 0. The van der Waals surface area contributed by atoms with Crippen molar-refractivity contribution in [1.82, 2.24) is 30.0 Å². The van der Waals surface area contributed by atoms with Crippen LogP contribution in [0, 0.1) is 0 Å². The fraction of sp³-hybridized carbons (Fsp3) is 0.227. The SMILES string of the molecule is CCCNC(=O)c1csc(CSc2nnc(-c3cccnc3)n2-c2cccc(C(F)(F)F)c2)n1. The number of alkyl halides is 3. The predicted molar refractivity (Wildman–Crippen MR) is 124 cm³/mol. The number of rotatable bonds is 8. The van der Waals surface area contributed by atoms with Crippen LogP contribution in [0.3, 0.4) is 0 Å². The highest BCUT2D eigenvalue weighted by Gasteiger charge is 2.31. The van der Waals surface area contributed by atoms with E-state index in [1.165, 1.54) is 29.2 Å². The lowest BCUT2D eigenvalue weighted by Gasteiger charge is -2.13. The average molecular weight is 505 g/mol. The van der Waals surface area contributed by atoms with E-state index in [2.05, 4.69) is 25.5 Å². The molecule has 0 unspecified atom stereocenters. The molecule has 34 heavy (non-hydrogen) atoms. The Morgan fingerprint density at radius 2 is 2.06 bits per heavy atom. The molecule has 176 valence electrons. The fourth-order valence-electron chi connectivity index (χ4n) is 3.04. The van der Waals surface area contributed by atoms with Crippen LogP contribution < -0.4 is 5.32 Å². The maximum Gasteiger partial charge on any atom is 0.416 e. The van der Waals surface area contributed by atoms with E-state index >= 15 is 0 Å². The fourth-order valence-corrected chi connectivity index (χ4v) is 4.78. The Labute approximate surface area is 201 Å². The average Bonchev–Trinajstić information content (AvgIpc) is 3.48. The Kier molecular flexibility index (Phi) is 7.27. The van der Waals surface area contributed by atoms with Crippen molar-refractivity contribution in [3.8, 4) is 17.1 Å². The molecule has 0 aliphatic heterocycles. The summed E-state index contributed by atoms with van der Waals surface area (Å²) in [5.74, 6) is 0.504. The Morgan fingerprint density at radius 1 is 1.21 bits per heavy atom. The lowest BCUT2D eigenvalue weighted by molar-refractivity contribution is -0.137. The first kappa shape index (κ1) is 23.9. The number of thiazole rings is 1. The largest absolute Gasteiger partial charge is 0.416 e. The molecule has 1 N–H and O–H groups in total. The molecule has 3 aromatic heterocycles. The van der Waals surface area contributed by atoms with Gasteiger partial charge in [-0.15, -0.1) is 21.5 Å². The van der Waals surface area contributed by atoms with Crippen LogP contribution in [0.2, 0.25) is 0 Å². The third kappa shape index (κ3) is 5.45. The molecule has 0 radical (unpaired) electrons. The molecule has 0 saturated heterocycles. The summed E-state index contributed by atoms with van der Waals surface area (Å²) in [6.45, 7) is 2.53. The minimum Gasteiger partial charge on any atom is -0.351 e. The summed E-state index contributed by atoms with van der Waals surface area (Å²) in [5.41, 5.74) is 0.460. The molecule has 0 aliphatic carbocycles. The monoisotopic (exact) mass is 504 g/mol. The van der Waals surface area contributed by atoms with Crippen molar-refractivity contribution in [2.24, 2.45) is 0 Å². The first-order valence-corrected chi connectivity index (χ1v) is 12.1. The number of aromatic nitrogens is 5. The Hall–Kier alpha value is -3.25. The lowest BCUT2D eigenvalue weighted by atomic mass is 10.2. The number of carbonyl (C=O) groups excluding carboxylic acids is 1. The Morgan fingerprint density at radius 3 is 2.79 bits per heavy atom. The van der Waals surface area contributed by atoms with Gasteiger partial charge in [-0.1, -0.05) is 24.8 Å². The lowest BCUT2D eigenvalue weighted by Crippen LogP contribution is -2.24. The first-order valence-electron chi connectivity index (χ1n) is 10.3. The molecule has 4 aromatic rings. The number of nitrogens with one attached hydrogen (secondary N) is 1. The van der Waals surface area contributed by atoms with Gasteiger partial charge >= 0.3 is 6.18 Å². The molecule has 7 nitrogen and oxygen atoms in total. The molecule has 0 saturated carbocycles. The zero-order valence-electron chi connectivity index (χ0n) is 17.9. The van der Waals surface area contributed by atoms with Crippen molar-refractivity contribution >= 4 is 29.0 Å². The second-order valence-corrected chi connectivity index (χ2v) is 8.99. The number of halogens is 3. The molecule has 12 heteroatoms. The normalized spacial score (nSPS) is 11.5. The van der Waals surface area contributed by atoms with E-state index in [0.29, 0.717) is 39.5 Å². The third-order valence-corrected chi connectivity index (χ3v) is 6.60. The molecule has 3 heterocycles. The van der Waals surface area contributed by atoms with Crippen molar-refractivity contribution in [3.05, 3.63) is 70.4 Å². The smallest absolute Gasteiger partial charge is 0.351 e. The number of amides is 1. The van der Waals surface area contributed by atoms with Gasteiger partial charge in [0.2, 0.25) is 0 Å². The number of hydrogen-bond acceptors (Lipinski definition) is 7. The Balaban J connectivity index is 1.65. The van der Waals surface area contributed by atoms with E-state index in [1.807, 2.05) is 6.92 Å². The third-order valence-electron chi connectivity index (χ3n) is 4.63. The van der Waals surface area contributed by atoms with Gasteiger partial charge in [0.15, 0.2) is 11.0 Å². The number of nitrogens with zero attached hydrogens (tertiary/aromatic N) is 5. The summed E-state index contributed by atoms with van der Waals surface area (Å²) in [6, 6.07) is 8.48. The van der Waals surface area contributed by atoms with Gasteiger partial charge in [-0.25, -0.2) is 4.98 Å². The number of thioether (sulfide) groups is 1. The Bertz CT molecular complexity index is 1270. The summed E-state index contributed by atoms with van der Waals surface area (Å²) in [6.07, 6.45) is -0.490. The molecule has 1 aromatic carbocycles. The van der Waals surface area contributed by atoms with Gasteiger partial charge in [-0.2, -0.15) is 13.2 Å².